The van der Waals surface area contributed by atoms with E-state index in [0.717, 1.165) is 10.9 Å². The third kappa shape index (κ3) is 2.17. The van der Waals surface area contributed by atoms with Gasteiger partial charge in [-0.3, -0.25) is 14.8 Å². The van der Waals surface area contributed by atoms with Crippen molar-refractivity contribution in [2.75, 3.05) is 0 Å². The molecule has 0 spiro atoms. The summed E-state index contributed by atoms with van der Waals surface area (Å²) in [5, 5.41) is 16.0. The number of nitro groups is 1. The van der Waals surface area contributed by atoms with Crippen LogP contribution in [0.2, 0.25) is 0 Å². The molecule has 0 atom stereocenters. The molecule has 2 rings (SSSR count). The molecule has 2 aromatic rings. The zero-order valence-corrected chi connectivity index (χ0v) is 11.4. The Balaban J connectivity index is 2.69. The van der Waals surface area contributed by atoms with Crippen LogP contribution in [0.15, 0.2) is 22.8 Å². The molecule has 0 saturated carbocycles. The molecule has 5 nitrogen and oxygen atoms in total. The number of nitrogens with zero attached hydrogens (tertiary/aromatic N) is 3. The van der Waals surface area contributed by atoms with Crippen molar-refractivity contribution in [1.29, 1.82) is 0 Å². The van der Waals surface area contributed by atoms with Crippen LogP contribution in [-0.2, 0) is 5.54 Å². The minimum atomic E-state index is -0.404. The van der Waals surface area contributed by atoms with Crippen molar-refractivity contribution in [2.24, 2.45) is 0 Å². The van der Waals surface area contributed by atoms with Gasteiger partial charge in [-0.25, -0.2) is 0 Å². The zero-order chi connectivity index (χ0) is 12.8. The number of non-ortho nitro benzene ring substituents is 1. The summed E-state index contributed by atoms with van der Waals surface area (Å²) in [6.07, 6.45) is 1.83. The molecule has 0 radical (unpaired) electrons. The van der Waals surface area contributed by atoms with Gasteiger partial charge in [0.05, 0.1) is 14.9 Å². The van der Waals surface area contributed by atoms with Crippen LogP contribution in [0.4, 0.5) is 5.69 Å². The summed E-state index contributed by atoms with van der Waals surface area (Å²) >= 11 is 3.32. The highest BCUT2D eigenvalue weighted by Crippen LogP contribution is 2.29. The topological polar surface area (TPSA) is 61.0 Å². The van der Waals surface area contributed by atoms with Crippen molar-refractivity contribution in [3.63, 3.8) is 0 Å². The van der Waals surface area contributed by atoms with Crippen LogP contribution >= 0.6 is 15.9 Å². The van der Waals surface area contributed by atoms with Gasteiger partial charge in [0.2, 0.25) is 0 Å². The van der Waals surface area contributed by atoms with E-state index in [1.165, 1.54) is 12.1 Å². The Morgan fingerprint density at radius 3 is 2.59 bits per heavy atom. The van der Waals surface area contributed by atoms with Crippen LogP contribution in [0.25, 0.3) is 10.9 Å². The molecule has 1 heterocycles. The maximum Gasteiger partial charge on any atom is 0.271 e. The van der Waals surface area contributed by atoms with E-state index in [1.807, 2.05) is 31.6 Å². The van der Waals surface area contributed by atoms with Crippen molar-refractivity contribution in [3.8, 4) is 0 Å². The number of hydrogen-bond acceptors (Lipinski definition) is 3. The summed E-state index contributed by atoms with van der Waals surface area (Å²) in [5.74, 6) is 0. The minimum absolute atomic E-state index is 0.0674. The number of hydrogen-bond donors (Lipinski definition) is 0. The van der Waals surface area contributed by atoms with Crippen molar-refractivity contribution >= 4 is 32.5 Å². The first-order valence-corrected chi connectivity index (χ1v) is 5.92. The maximum absolute atomic E-state index is 10.8. The highest BCUT2D eigenvalue weighted by Gasteiger charge is 2.18. The van der Waals surface area contributed by atoms with Gasteiger partial charge in [-0.15, -0.1) is 0 Å². The second-order valence-corrected chi connectivity index (χ2v) is 5.72. The van der Waals surface area contributed by atoms with E-state index in [1.54, 1.807) is 0 Å². The van der Waals surface area contributed by atoms with Gasteiger partial charge in [0.25, 0.3) is 5.69 Å². The molecule has 0 unspecified atom stereocenters. The highest BCUT2D eigenvalue weighted by molar-refractivity contribution is 9.10. The summed E-state index contributed by atoms with van der Waals surface area (Å²) in [5.41, 5.74) is 0.663. The fraction of sp³-hybridized carbons (Fsp3) is 0.364. The first-order valence-electron chi connectivity index (χ1n) is 5.13. The molecule has 0 aliphatic heterocycles. The third-order valence-electron chi connectivity index (χ3n) is 2.44. The molecule has 0 saturated heterocycles. The molecular weight excluding hydrogens is 286 g/mol. The van der Waals surface area contributed by atoms with Crippen LogP contribution in [0.5, 0.6) is 0 Å². The number of aromatic nitrogens is 2. The standard InChI is InChI=1S/C11H12BrN3O2/c1-11(2,3)14-6-7-4-8(15(16)17)5-9(12)10(7)13-14/h4-6H,1-3H3. The van der Waals surface area contributed by atoms with E-state index < -0.39 is 4.92 Å². The Bertz CT molecular complexity index is 599. The molecule has 6 heteroatoms. The van der Waals surface area contributed by atoms with Gasteiger partial charge in [-0.2, -0.15) is 5.10 Å². The molecule has 90 valence electrons. The van der Waals surface area contributed by atoms with E-state index in [9.17, 15) is 10.1 Å². The van der Waals surface area contributed by atoms with E-state index in [2.05, 4.69) is 21.0 Å². The Hall–Kier alpha value is -1.43. The van der Waals surface area contributed by atoms with E-state index >= 15 is 0 Å². The molecule has 0 amide bonds. The van der Waals surface area contributed by atoms with Gasteiger partial charge in [0.1, 0.15) is 5.52 Å². The van der Waals surface area contributed by atoms with Gasteiger partial charge < -0.3 is 0 Å². The molecule has 0 bridgehead atoms. The molecular formula is C11H12BrN3O2. The van der Waals surface area contributed by atoms with Crippen LogP contribution < -0.4 is 0 Å². The Morgan fingerprint density at radius 2 is 2.06 bits per heavy atom. The van der Waals surface area contributed by atoms with Gasteiger partial charge in [-0.1, -0.05) is 0 Å². The second kappa shape index (κ2) is 3.80. The first kappa shape index (κ1) is 12.0. The average Bonchev–Trinajstić information content (AvgIpc) is 2.60. The summed E-state index contributed by atoms with van der Waals surface area (Å²) in [4.78, 5) is 10.4. The zero-order valence-electron chi connectivity index (χ0n) is 9.77. The lowest BCUT2D eigenvalue weighted by atomic mass is 10.1. The lowest BCUT2D eigenvalue weighted by Gasteiger charge is -2.18. The summed E-state index contributed by atoms with van der Waals surface area (Å²) in [6, 6.07) is 3.01. The summed E-state index contributed by atoms with van der Waals surface area (Å²) in [7, 11) is 0. The van der Waals surface area contributed by atoms with Gasteiger partial charge in [0.15, 0.2) is 0 Å². The Kier molecular flexibility index (Phi) is 2.69. The highest BCUT2D eigenvalue weighted by atomic mass is 79.9. The minimum Gasteiger partial charge on any atom is -0.266 e. The fourth-order valence-corrected chi connectivity index (χ4v) is 2.07. The van der Waals surface area contributed by atoms with Crippen LogP contribution in [0.3, 0.4) is 0 Å². The number of fused-ring (bicyclic) bond motifs is 1. The fourth-order valence-electron chi connectivity index (χ4n) is 1.53. The Morgan fingerprint density at radius 1 is 1.41 bits per heavy atom. The average molecular weight is 298 g/mol. The lowest BCUT2D eigenvalue weighted by molar-refractivity contribution is -0.384. The van der Waals surface area contributed by atoms with Gasteiger partial charge >= 0.3 is 0 Å². The van der Waals surface area contributed by atoms with Crippen LogP contribution in [0, 0.1) is 10.1 Å². The largest absolute Gasteiger partial charge is 0.271 e. The quantitative estimate of drug-likeness (QED) is 0.598. The molecule has 0 aliphatic carbocycles. The van der Waals surface area contributed by atoms with Gasteiger partial charge in [-0.05, 0) is 36.7 Å². The lowest BCUT2D eigenvalue weighted by Crippen LogP contribution is -2.21. The number of nitro benzene ring substituents is 1. The van der Waals surface area contributed by atoms with E-state index in [-0.39, 0.29) is 11.2 Å². The first-order chi connectivity index (χ1) is 7.79. The second-order valence-electron chi connectivity index (χ2n) is 4.87. The normalized spacial score (nSPS) is 12.0. The number of halogens is 1. The van der Waals surface area contributed by atoms with E-state index in [4.69, 9.17) is 0 Å². The van der Waals surface area contributed by atoms with Crippen molar-refractivity contribution < 1.29 is 4.92 Å². The monoisotopic (exact) mass is 297 g/mol. The number of benzene rings is 1. The van der Waals surface area contributed by atoms with Crippen molar-refractivity contribution in [3.05, 3.63) is 32.9 Å². The maximum atomic E-state index is 10.8. The molecule has 1 aromatic carbocycles. The Labute approximate surface area is 107 Å². The predicted molar refractivity (Wildman–Crippen MR) is 69.1 cm³/mol. The van der Waals surface area contributed by atoms with E-state index in [0.29, 0.717) is 4.47 Å². The smallest absolute Gasteiger partial charge is 0.266 e. The van der Waals surface area contributed by atoms with Gasteiger partial charge in [0, 0.05) is 23.7 Å². The summed E-state index contributed by atoms with van der Waals surface area (Å²) < 4.78 is 2.45. The molecule has 17 heavy (non-hydrogen) atoms. The van der Waals surface area contributed by atoms with Crippen molar-refractivity contribution in [1.82, 2.24) is 9.78 Å². The van der Waals surface area contributed by atoms with Crippen LogP contribution in [0.1, 0.15) is 20.8 Å². The molecule has 1 aromatic heterocycles. The predicted octanol–water partition coefficient (Wildman–Crippen LogP) is 3.46. The number of rotatable bonds is 1. The van der Waals surface area contributed by atoms with Crippen molar-refractivity contribution in [2.45, 2.75) is 26.3 Å². The molecule has 0 aliphatic rings. The molecule has 0 N–H and O–H groups in total. The van der Waals surface area contributed by atoms with Crippen LogP contribution in [-0.4, -0.2) is 14.7 Å². The molecule has 0 fully saturated rings. The summed E-state index contributed by atoms with van der Waals surface area (Å²) in [6.45, 7) is 6.09. The SMILES string of the molecule is CC(C)(C)n1cc2cc([N+](=O)[O-])cc(Br)c2n1. The third-order valence-corrected chi connectivity index (χ3v) is 3.05.